The molecule has 1 aliphatic rings. The van der Waals surface area contributed by atoms with Crippen molar-refractivity contribution in [3.63, 3.8) is 0 Å². The van der Waals surface area contributed by atoms with Crippen molar-refractivity contribution in [1.29, 1.82) is 0 Å². The molecule has 0 aromatic heterocycles. The lowest BCUT2D eigenvalue weighted by Crippen LogP contribution is -2.26. The molecule has 0 spiro atoms. The van der Waals surface area contributed by atoms with E-state index in [2.05, 4.69) is 0 Å². The van der Waals surface area contributed by atoms with E-state index in [-0.39, 0.29) is 17.5 Å². The predicted molar refractivity (Wildman–Crippen MR) is 55.1 cm³/mol. The molecular weight excluding hydrogens is 179 g/mol. The molecule has 4 N–H and O–H groups in total. The molecule has 0 amide bonds. The Labute approximate surface area is 83.1 Å². The van der Waals surface area contributed by atoms with Crippen molar-refractivity contribution in [1.82, 2.24) is 0 Å². The standard InChI is InChI=1S/C11H15FN2/c12-9-5-4-8(6-10(9)13)11(14)7-2-1-3-7/h4-7,11H,1-3,13-14H2/t11-/m1/s1. The van der Waals surface area contributed by atoms with Gasteiger partial charge in [-0.25, -0.2) is 4.39 Å². The van der Waals surface area contributed by atoms with Crippen LogP contribution in [0.4, 0.5) is 10.1 Å². The van der Waals surface area contributed by atoms with Crippen LogP contribution in [0.25, 0.3) is 0 Å². The zero-order valence-electron chi connectivity index (χ0n) is 8.04. The molecule has 2 rings (SSSR count). The van der Waals surface area contributed by atoms with Crippen LogP contribution in [-0.4, -0.2) is 0 Å². The molecular formula is C11H15FN2. The molecule has 2 nitrogen and oxygen atoms in total. The first-order valence-electron chi connectivity index (χ1n) is 4.99. The summed E-state index contributed by atoms with van der Waals surface area (Å²) in [4.78, 5) is 0. The van der Waals surface area contributed by atoms with Crippen molar-refractivity contribution >= 4 is 5.69 Å². The first-order chi connectivity index (χ1) is 6.68. The lowest BCUT2D eigenvalue weighted by Gasteiger charge is -2.31. The van der Waals surface area contributed by atoms with Gasteiger partial charge in [-0.15, -0.1) is 0 Å². The van der Waals surface area contributed by atoms with Gasteiger partial charge < -0.3 is 11.5 Å². The van der Waals surface area contributed by atoms with E-state index in [1.54, 1.807) is 12.1 Å². The molecule has 0 aliphatic heterocycles. The molecule has 0 radical (unpaired) electrons. The first-order valence-corrected chi connectivity index (χ1v) is 4.99. The van der Waals surface area contributed by atoms with Crippen molar-refractivity contribution in [2.24, 2.45) is 11.7 Å². The SMILES string of the molecule is Nc1cc([C@H](N)C2CCC2)ccc1F. The number of benzene rings is 1. The number of nitrogen functional groups attached to an aromatic ring is 1. The molecule has 1 aromatic rings. The van der Waals surface area contributed by atoms with Crippen LogP contribution >= 0.6 is 0 Å². The van der Waals surface area contributed by atoms with E-state index in [4.69, 9.17) is 11.5 Å². The smallest absolute Gasteiger partial charge is 0.146 e. The Kier molecular flexibility index (Phi) is 2.42. The number of halogens is 1. The highest BCUT2D eigenvalue weighted by Crippen LogP contribution is 2.36. The second-order valence-corrected chi connectivity index (χ2v) is 4.00. The van der Waals surface area contributed by atoms with E-state index in [0.717, 1.165) is 5.56 Å². The van der Waals surface area contributed by atoms with Gasteiger partial charge in [0.2, 0.25) is 0 Å². The van der Waals surface area contributed by atoms with Crippen LogP contribution in [0, 0.1) is 11.7 Å². The van der Waals surface area contributed by atoms with Gasteiger partial charge in [-0.05, 0) is 36.5 Å². The molecule has 0 bridgehead atoms. The van der Waals surface area contributed by atoms with Crippen LogP contribution in [-0.2, 0) is 0 Å². The zero-order chi connectivity index (χ0) is 10.1. The fraction of sp³-hybridized carbons (Fsp3) is 0.455. The normalized spacial score (nSPS) is 19.0. The Hall–Kier alpha value is -1.09. The number of anilines is 1. The van der Waals surface area contributed by atoms with Crippen molar-refractivity contribution in [2.75, 3.05) is 5.73 Å². The summed E-state index contributed by atoms with van der Waals surface area (Å²) in [6, 6.07) is 4.79. The van der Waals surface area contributed by atoms with E-state index in [0.29, 0.717) is 5.92 Å². The molecule has 76 valence electrons. The van der Waals surface area contributed by atoms with Crippen molar-refractivity contribution < 1.29 is 4.39 Å². The van der Waals surface area contributed by atoms with E-state index >= 15 is 0 Å². The summed E-state index contributed by atoms with van der Waals surface area (Å²) in [7, 11) is 0. The summed E-state index contributed by atoms with van der Waals surface area (Å²) >= 11 is 0. The molecule has 1 saturated carbocycles. The van der Waals surface area contributed by atoms with Crippen LogP contribution in [0.3, 0.4) is 0 Å². The molecule has 0 saturated heterocycles. The van der Waals surface area contributed by atoms with Gasteiger partial charge in [0.15, 0.2) is 0 Å². The van der Waals surface area contributed by atoms with Crippen molar-refractivity contribution in [2.45, 2.75) is 25.3 Å². The quantitative estimate of drug-likeness (QED) is 0.709. The van der Waals surface area contributed by atoms with Crippen molar-refractivity contribution in [3.8, 4) is 0 Å². The van der Waals surface area contributed by atoms with Gasteiger partial charge in [-0.3, -0.25) is 0 Å². The van der Waals surface area contributed by atoms with Crippen LogP contribution in [0.2, 0.25) is 0 Å². The van der Waals surface area contributed by atoms with Gasteiger partial charge >= 0.3 is 0 Å². The van der Waals surface area contributed by atoms with E-state index in [1.165, 1.54) is 25.3 Å². The van der Waals surface area contributed by atoms with Crippen LogP contribution in [0.1, 0.15) is 30.9 Å². The Morgan fingerprint density at radius 2 is 2.07 bits per heavy atom. The highest BCUT2D eigenvalue weighted by molar-refractivity contribution is 5.43. The third-order valence-corrected chi connectivity index (χ3v) is 3.06. The maximum absolute atomic E-state index is 12.9. The number of hydrogen-bond acceptors (Lipinski definition) is 2. The number of rotatable bonds is 2. The number of hydrogen-bond donors (Lipinski definition) is 2. The van der Waals surface area contributed by atoms with Gasteiger partial charge in [0, 0.05) is 6.04 Å². The van der Waals surface area contributed by atoms with Crippen molar-refractivity contribution in [3.05, 3.63) is 29.6 Å². The zero-order valence-corrected chi connectivity index (χ0v) is 8.04. The number of nitrogens with two attached hydrogens (primary N) is 2. The van der Waals surface area contributed by atoms with E-state index in [1.807, 2.05) is 0 Å². The summed E-state index contributed by atoms with van der Waals surface area (Å²) in [5, 5.41) is 0. The molecule has 1 aliphatic carbocycles. The molecule has 3 heteroatoms. The summed E-state index contributed by atoms with van der Waals surface area (Å²) in [6.07, 6.45) is 3.62. The topological polar surface area (TPSA) is 52.0 Å². The van der Waals surface area contributed by atoms with Crippen LogP contribution in [0.15, 0.2) is 18.2 Å². The minimum Gasteiger partial charge on any atom is -0.396 e. The van der Waals surface area contributed by atoms with Gasteiger partial charge in [-0.2, -0.15) is 0 Å². The molecule has 1 atom stereocenters. The minimum atomic E-state index is -0.366. The average Bonchev–Trinajstić information content (AvgIpc) is 2.06. The van der Waals surface area contributed by atoms with Crippen LogP contribution < -0.4 is 11.5 Å². The predicted octanol–water partition coefficient (Wildman–Crippen LogP) is 2.21. The Morgan fingerprint density at radius 3 is 2.57 bits per heavy atom. The highest BCUT2D eigenvalue weighted by Gasteiger charge is 2.25. The summed E-state index contributed by atoms with van der Waals surface area (Å²) in [5.74, 6) is 0.189. The van der Waals surface area contributed by atoms with Gasteiger partial charge in [0.1, 0.15) is 5.82 Å². The molecule has 1 fully saturated rings. The fourth-order valence-electron chi connectivity index (χ4n) is 1.84. The lowest BCUT2D eigenvalue weighted by molar-refractivity contribution is 0.264. The fourth-order valence-corrected chi connectivity index (χ4v) is 1.84. The molecule has 0 unspecified atom stereocenters. The van der Waals surface area contributed by atoms with Gasteiger partial charge in [-0.1, -0.05) is 12.5 Å². The summed E-state index contributed by atoms with van der Waals surface area (Å²) in [6.45, 7) is 0. The van der Waals surface area contributed by atoms with E-state index in [9.17, 15) is 4.39 Å². The Morgan fingerprint density at radius 1 is 1.36 bits per heavy atom. The van der Waals surface area contributed by atoms with Crippen LogP contribution in [0.5, 0.6) is 0 Å². The first kappa shape index (κ1) is 9.46. The summed E-state index contributed by atoms with van der Waals surface area (Å²) in [5.41, 5.74) is 12.7. The maximum atomic E-state index is 12.9. The second kappa shape index (κ2) is 3.58. The highest BCUT2D eigenvalue weighted by atomic mass is 19.1. The maximum Gasteiger partial charge on any atom is 0.146 e. The largest absolute Gasteiger partial charge is 0.396 e. The van der Waals surface area contributed by atoms with Gasteiger partial charge in [0.25, 0.3) is 0 Å². The monoisotopic (exact) mass is 194 g/mol. The average molecular weight is 194 g/mol. The molecule has 1 aromatic carbocycles. The molecule has 14 heavy (non-hydrogen) atoms. The summed E-state index contributed by atoms with van der Waals surface area (Å²) < 4.78 is 12.9. The third kappa shape index (κ3) is 1.60. The minimum absolute atomic E-state index is 0.0200. The Bertz CT molecular complexity index is 334. The molecule has 0 heterocycles. The van der Waals surface area contributed by atoms with E-state index < -0.39 is 0 Å². The van der Waals surface area contributed by atoms with Gasteiger partial charge in [0.05, 0.1) is 5.69 Å². The third-order valence-electron chi connectivity index (χ3n) is 3.06. The lowest BCUT2D eigenvalue weighted by atomic mass is 9.77. The Balaban J connectivity index is 2.18. The second-order valence-electron chi connectivity index (χ2n) is 4.00.